The molecule has 0 aliphatic carbocycles. The number of amides is 1. The van der Waals surface area contributed by atoms with Gasteiger partial charge in [-0.15, -0.1) is 0 Å². The molecule has 2 aromatic heterocycles. The van der Waals surface area contributed by atoms with E-state index in [4.69, 9.17) is 14.1 Å². The van der Waals surface area contributed by atoms with Crippen LogP contribution in [0.3, 0.4) is 0 Å². The van der Waals surface area contributed by atoms with Gasteiger partial charge < -0.3 is 9.15 Å². The van der Waals surface area contributed by atoms with Gasteiger partial charge in [0.1, 0.15) is 17.0 Å². The van der Waals surface area contributed by atoms with Gasteiger partial charge in [-0.05, 0) is 48.7 Å². The van der Waals surface area contributed by atoms with Gasteiger partial charge >= 0.3 is 0 Å². The molecule has 0 aliphatic rings. The number of hydrogen-bond acceptors (Lipinski definition) is 5. The number of carbonyl (C=O) groups excluding carboxylic acids is 1. The van der Waals surface area contributed by atoms with Crippen LogP contribution >= 0.6 is 11.3 Å². The van der Waals surface area contributed by atoms with Crippen LogP contribution in [0.25, 0.3) is 10.2 Å². The lowest BCUT2D eigenvalue weighted by molar-refractivity contribution is -0.118. The quantitative estimate of drug-likeness (QED) is 0.371. The molecule has 0 unspecified atom stereocenters. The number of hydrogen-bond donors (Lipinski definition) is 0. The largest absolute Gasteiger partial charge is 0.492 e. The number of para-hydroxylation sites is 1. The molecule has 0 saturated heterocycles. The van der Waals surface area contributed by atoms with E-state index in [1.54, 1.807) is 11.2 Å². The van der Waals surface area contributed by atoms with Gasteiger partial charge in [0, 0.05) is 0 Å². The molecule has 1 amide bonds. The van der Waals surface area contributed by atoms with Crippen molar-refractivity contribution in [3.05, 3.63) is 77.7 Å². The number of fused-ring (bicyclic) bond motifs is 1. The number of carbonyl (C=O) groups is 1. The van der Waals surface area contributed by atoms with Crippen LogP contribution in [0.2, 0.25) is 0 Å². The second kappa shape index (κ2) is 9.13. The molecule has 0 bridgehead atoms. The maximum Gasteiger partial charge on any atom is 0.233 e. The van der Waals surface area contributed by atoms with Crippen molar-refractivity contribution in [2.45, 2.75) is 33.2 Å². The summed E-state index contributed by atoms with van der Waals surface area (Å²) in [7, 11) is 0. The minimum atomic E-state index is -0.0207. The molecule has 4 aromatic rings. The summed E-state index contributed by atoms with van der Waals surface area (Å²) in [6.07, 6.45) is 2.90. The molecule has 2 aromatic carbocycles. The third-order valence-electron chi connectivity index (χ3n) is 4.88. The van der Waals surface area contributed by atoms with Gasteiger partial charge in [-0.25, -0.2) is 4.98 Å². The molecular formula is C24H24N2O3S. The third-order valence-corrected chi connectivity index (χ3v) is 5.93. The molecule has 6 heteroatoms. The summed E-state index contributed by atoms with van der Waals surface area (Å²) in [5.41, 5.74) is 3.02. The van der Waals surface area contributed by atoms with E-state index in [1.165, 1.54) is 16.9 Å². The Kier molecular flexibility index (Phi) is 6.14. The summed E-state index contributed by atoms with van der Waals surface area (Å²) < 4.78 is 12.2. The number of ether oxygens (including phenoxy) is 1. The lowest BCUT2D eigenvalue weighted by Gasteiger charge is -2.19. The Bertz CT molecular complexity index is 1120. The molecule has 154 valence electrons. The number of anilines is 1. The smallest absolute Gasteiger partial charge is 0.233 e. The van der Waals surface area contributed by atoms with E-state index >= 15 is 0 Å². The van der Waals surface area contributed by atoms with Crippen molar-refractivity contribution in [1.29, 1.82) is 0 Å². The van der Waals surface area contributed by atoms with Crippen LogP contribution in [0.1, 0.15) is 30.7 Å². The van der Waals surface area contributed by atoms with Crippen molar-refractivity contribution < 1.29 is 13.9 Å². The fourth-order valence-corrected chi connectivity index (χ4v) is 4.28. The zero-order valence-electron chi connectivity index (χ0n) is 17.1. The van der Waals surface area contributed by atoms with Gasteiger partial charge in [-0.3, -0.25) is 9.69 Å². The Labute approximate surface area is 179 Å². The van der Waals surface area contributed by atoms with E-state index in [0.717, 1.165) is 28.0 Å². The average Bonchev–Trinajstić information content (AvgIpc) is 3.43. The monoisotopic (exact) mass is 420 g/mol. The van der Waals surface area contributed by atoms with Gasteiger partial charge in [0.25, 0.3) is 0 Å². The Morgan fingerprint density at radius 1 is 1.07 bits per heavy atom. The fourth-order valence-electron chi connectivity index (χ4n) is 3.28. The van der Waals surface area contributed by atoms with E-state index < -0.39 is 0 Å². The number of aryl methyl sites for hydroxylation is 1. The van der Waals surface area contributed by atoms with Crippen LogP contribution in [0, 0.1) is 0 Å². The minimum Gasteiger partial charge on any atom is -0.492 e. The second-order valence-electron chi connectivity index (χ2n) is 6.94. The number of rotatable bonds is 8. The van der Waals surface area contributed by atoms with Gasteiger partial charge in [-0.1, -0.05) is 48.6 Å². The first-order valence-corrected chi connectivity index (χ1v) is 10.9. The van der Waals surface area contributed by atoms with Crippen molar-refractivity contribution in [2.24, 2.45) is 0 Å². The van der Waals surface area contributed by atoms with E-state index in [9.17, 15) is 4.79 Å². The summed E-state index contributed by atoms with van der Waals surface area (Å²) >= 11 is 1.48. The van der Waals surface area contributed by atoms with Crippen molar-refractivity contribution >= 4 is 32.6 Å². The highest BCUT2D eigenvalue weighted by Gasteiger charge is 2.22. The van der Waals surface area contributed by atoms with Crippen LogP contribution in [0.4, 0.5) is 5.13 Å². The third kappa shape index (κ3) is 4.39. The second-order valence-corrected chi connectivity index (χ2v) is 7.95. The van der Waals surface area contributed by atoms with Gasteiger partial charge in [0.2, 0.25) is 5.91 Å². The predicted octanol–water partition coefficient (Wildman–Crippen LogP) is 5.63. The van der Waals surface area contributed by atoms with Crippen molar-refractivity contribution in [3.63, 3.8) is 0 Å². The SMILES string of the molecule is CCOc1cccc2sc(N(Cc3ccco3)C(=O)Cc3ccc(CC)cc3)nc12. The van der Waals surface area contributed by atoms with Crippen LogP contribution < -0.4 is 9.64 Å². The summed E-state index contributed by atoms with van der Waals surface area (Å²) in [4.78, 5) is 19.8. The molecule has 0 fully saturated rings. The Morgan fingerprint density at radius 2 is 1.87 bits per heavy atom. The fraction of sp³-hybridized carbons (Fsp3) is 0.250. The first-order chi connectivity index (χ1) is 14.7. The Morgan fingerprint density at radius 3 is 2.57 bits per heavy atom. The highest BCUT2D eigenvalue weighted by atomic mass is 32.1. The van der Waals surface area contributed by atoms with Gasteiger partial charge in [0.15, 0.2) is 5.13 Å². The van der Waals surface area contributed by atoms with Crippen LogP contribution in [-0.4, -0.2) is 17.5 Å². The maximum absolute atomic E-state index is 13.3. The molecule has 0 spiro atoms. The molecule has 30 heavy (non-hydrogen) atoms. The Balaban J connectivity index is 1.66. The Hall–Kier alpha value is -3.12. The minimum absolute atomic E-state index is 0.0207. The maximum atomic E-state index is 13.3. The van der Waals surface area contributed by atoms with E-state index in [1.807, 2.05) is 49.4 Å². The molecule has 0 aliphatic heterocycles. The number of furan rings is 1. The highest BCUT2D eigenvalue weighted by molar-refractivity contribution is 7.22. The van der Waals surface area contributed by atoms with Crippen molar-refractivity contribution in [1.82, 2.24) is 4.98 Å². The van der Waals surface area contributed by atoms with E-state index in [2.05, 4.69) is 19.1 Å². The molecule has 0 atom stereocenters. The number of thiazole rings is 1. The lowest BCUT2D eigenvalue weighted by atomic mass is 10.1. The number of aromatic nitrogens is 1. The highest BCUT2D eigenvalue weighted by Crippen LogP contribution is 2.35. The number of benzene rings is 2. The van der Waals surface area contributed by atoms with E-state index in [-0.39, 0.29) is 5.91 Å². The van der Waals surface area contributed by atoms with Crippen molar-refractivity contribution in [2.75, 3.05) is 11.5 Å². The summed E-state index contributed by atoms with van der Waals surface area (Å²) in [6, 6.07) is 17.7. The average molecular weight is 421 g/mol. The lowest BCUT2D eigenvalue weighted by Crippen LogP contribution is -2.31. The summed E-state index contributed by atoms with van der Waals surface area (Å²) in [5, 5.41) is 0.642. The summed E-state index contributed by atoms with van der Waals surface area (Å²) in [5.74, 6) is 1.43. The molecule has 5 nitrogen and oxygen atoms in total. The molecule has 0 radical (unpaired) electrons. The van der Waals surface area contributed by atoms with Gasteiger partial charge in [0.05, 0.1) is 30.5 Å². The molecule has 0 saturated carbocycles. The summed E-state index contributed by atoms with van der Waals surface area (Å²) in [6.45, 7) is 4.97. The van der Waals surface area contributed by atoms with Crippen molar-refractivity contribution in [3.8, 4) is 5.75 Å². The topological polar surface area (TPSA) is 55.6 Å². The van der Waals surface area contributed by atoms with Crippen LogP contribution in [0.15, 0.2) is 65.3 Å². The number of nitrogens with zero attached hydrogens (tertiary/aromatic N) is 2. The first-order valence-electron chi connectivity index (χ1n) is 10.1. The molecule has 2 heterocycles. The zero-order valence-corrected chi connectivity index (χ0v) is 17.9. The van der Waals surface area contributed by atoms with Gasteiger partial charge in [-0.2, -0.15) is 0 Å². The molecular weight excluding hydrogens is 396 g/mol. The van der Waals surface area contributed by atoms with Crippen LogP contribution in [-0.2, 0) is 24.2 Å². The zero-order chi connectivity index (χ0) is 20.9. The molecule has 4 rings (SSSR count). The predicted molar refractivity (Wildman–Crippen MR) is 120 cm³/mol. The molecule has 0 N–H and O–H groups in total. The van der Waals surface area contributed by atoms with Crippen LogP contribution in [0.5, 0.6) is 5.75 Å². The normalized spacial score (nSPS) is 11.0. The van der Waals surface area contributed by atoms with E-state index in [0.29, 0.717) is 30.5 Å². The standard InChI is InChI=1S/C24H24N2O3S/c1-3-17-10-12-18(13-11-17)15-22(27)26(16-19-7-6-14-29-19)24-25-23-20(28-4-2)8-5-9-21(23)30-24/h5-14H,3-4,15-16H2,1-2H3. The first kappa shape index (κ1) is 20.2.